The summed E-state index contributed by atoms with van der Waals surface area (Å²) in [5, 5.41) is 0. The van der Waals surface area contributed by atoms with Crippen molar-refractivity contribution in [2.24, 2.45) is 16.7 Å². The quantitative estimate of drug-likeness (QED) is 0.430. The van der Waals surface area contributed by atoms with Crippen LogP contribution in [0.25, 0.3) is 0 Å². The molecule has 0 aromatic heterocycles. The third kappa shape index (κ3) is 0.825. The minimum Gasteiger partial charge on any atom is -0.303 e. The average molecular weight is 164 g/mol. The van der Waals surface area contributed by atoms with Gasteiger partial charge in [-0.05, 0) is 30.6 Å². The monoisotopic (exact) mass is 164 g/mol. The second kappa shape index (κ2) is 2.21. The van der Waals surface area contributed by atoms with Crippen molar-refractivity contribution >= 4 is 6.29 Å². The Hall–Kier alpha value is -0.590. The molecule has 0 aromatic carbocycles. The first-order valence-electron chi connectivity index (χ1n) is 4.75. The maximum absolute atomic E-state index is 11.0. The van der Waals surface area contributed by atoms with E-state index in [1.54, 1.807) is 0 Å². The molecule has 0 saturated heterocycles. The first-order chi connectivity index (χ1) is 5.60. The molecule has 2 bridgehead atoms. The lowest BCUT2D eigenvalue weighted by Crippen LogP contribution is -2.45. The predicted octanol–water partition coefficient (Wildman–Crippen LogP) is 2.57. The van der Waals surface area contributed by atoms with E-state index in [1.165, 1.54) is 19.1 Å². The Morgan fingerprint density at radius 3 is 2.58 bits per heavy atom. The molecule has 0 aromatic rings. The highest BCUT2D eigenvalue weighted by atomic mass is 16.1. The van der Waals surface area contributed by atoms with Crippen LogP contribution >= 0.6 is 0 Å². The van der Waals surface area contributed by atoms with E-state index < -0.39 is 0 Å². The van der Waals surface area contributed by atoms with Crippen molar-refractivity contribution in [2.75, 3.05) is 0 Å². The van der Waals surface area contributed by atoms with Crippen molar-refractivity contribution in [2.45, 2.75) is 33.1 Å². The SMILES string of the molecule is CC12C=CC(CC1)CC2(C)C=O. The Morgan fingerprint density at radius 2 is 2.25 bits per heavy atom. The summed E-state index contributed by atoms with van der Waals surface area (Å²) in [5.41, 5.74) is 0.0498. The fraction of sp³-hybridized carbons (Fsp3) is 0.727. The summed E-state index contributed by atoms with van der Waals surface area (Å²) < 4.78 is 0. The van der Waals surface area contributed by atoms with E-state index in [4.69, 9.17) is 0 Å². The summed E-state index contributed by atoms with van der Waals surface area (Å²) in [6.07, 6.45) is 9.25. The van der Waals surface area contributed by atoms with Gasteiger partial charge in [0, 0.05) is 5.41 Å². The van der Waals surface area contributed by atoms with Gasteiger partial charge in [0.1, 0.15) is 6.29 Å². The molecule has 0 aliphatic heterocycles. The number of fused-ring (bicyclic) bond motifs is 2. The molecule has 3 unspecified atom stereocenters. The van der Waals surface area contributed by atoms with Crippen molar-refractivity contribution in [3.63, 3.8) is 0 Å². The van der Waals surface area contributed by atoms with Gasteiger partial charge in [-0.2, -0.15) is 0 Å². The fourth-order valence-corrected chi connectivity index (χ4v) is 2.62. The normalized spacial score (nSPS) is 51.0. The van der Waals surface area contributed by atoms with Crippen molar-refractivity contribution in [3.8, 4) is 0 Å². The predicted molar refractivity (Wildman–Crippen MR) is 48.8 cm³/mol. The largest absolute Gasteiger partial charge is 0.303 e. The molecular formula is C11H16O. The maximum atomic E-state index is 11.0. The van der Waals surface area contributed by atoms with Crippen LogP contribution in [0.5, 0.6) is 0 Å². The van der Waals surface area contributed by atoms with Crippen molar-refractivity contribution in [1.82, 2.24) is 0 Å². The van der Waals surface area contributed by atoms with Crippen LogP contribution in [0.15, 0.2) is 12.2 Å². The summed E-state index contributed by atoms with van der Waals surface area (Å²) in [4.78, 5) is 11.0. The zero-order valence-corrected chi connectivity index (χ0v) is 7.84. The zero-order chi connectivity index (χ0) is 8.82. The Morgan fingerprint density at radius 1 is 1.50 bits per heavy atom. The van der Waals surface area contributed by atoms with Gasteiger partial charge in [-0.3, -0.25) is 0 Å². The second-order valence-electron chi connectivity index (χ2n) is 4.81. The van der Waals surface area contributed by atoms with Crippen LogP contribution < -0.4 is 0 Å². The number of rotatable bonds is 1. The molecule has 0 spiro atoms. The van der Waals surface area contributed by atoms with Crippen molar-refractivity contribution < 1.29 is 4.79 Å². The third-order valence-corrected chi connectivity index (χ3v) is 4.02. The van der Waals surface area contributed by atoms with Crippen LogP contribution in [0, 0.1) is 16.7 Å². The molecule has 0 heterocycles. The minimum atomic E-state index is -0.0926. The van der Waals surface area contributed by atoms with Crippen molar-refractivity contribution in [1.29, 1.82) is 0 Å². The van der Waals surface area contributed by atoms with E-state index in [0.717, 1.165) is 6.42 Å². The molecular weight excluding hydrogens is 148 g/mol. The number of carbonyl (C=O) groups excluding carboxylic acids is 1. The average Bonchev–Trinajstić information content (AvgIpc) is 2.08. The molecule has 3 aliphatic carbocycles. The van der Waals surface area contributed by atoms with E-state index in [9.17, 15) is 4.79 Å². The summed E-state index contributed by atoms with van der Waals surface area (Å²) >= 11 is 0. The van der Waals surface area contributed by atoms with Gasteiger partial charge < -0.3 is 4.79 Å². The molecule has 1 fully saturated rings. The molecule has 0 radical (unpaired) electrons. The van der Waals surface area contributed by atoms with E-state index in [-0.39, 0.29) is 10.8 Å². The van der Waals surface area contributed by atoms with E-state index in [1.807, 2.05) is 0 Å². The van der Waals surface area contributed by atoms with Gasteiger partial charge in [-0.1, -0.05) is 26.0 Å². The smallest absolute Gasteiger partial charge is 0.126 e. The molecule has 3 rings (SSSR count). The lowest BCUT2D eigenvalue weighted by atomic mass is 9.52. The Balaban J connectivity index is 2.42. The van der Waals surface area contributed by atoms with Crippen LogP contribution in [-0.2, 0) is 4.79 Å². The molecule has 1 saturated carbocycles. The van der Waals surface area contributed by atoms with Crippen LogP contribution in [0.2, 0.25) is 0 Å². The standard InChI is InChI=1S/C11H16O/c1-10-5-3-9(4-6-10)7-11(10,2)8-12/h3,5,8-9H,4,6-7H2,1-2H3. The lowest BCUT2D eigenvalue weighted by Gasteiger charge is -2.51. The highest BCUT2D eigenvalue weighted by molar-refractivity contribution is 5.62. The topological polar surface area (TPSA) is 17.1 Å². The number of aldehydes is 1. The Bertz CT molecular complexity index is 243. The molecule has 3 atom stereocenters. The van der Waals surface area contributed by atoms with Crippen LogP contribution in [0.3, 0.4) is 0 Å². The molecule has 1 nitrogen and oxygen atoms in total. The highest BCUT2D eigenvalue weighted by Crippen LogP contribution is 2.55. The van der Waals surface area contributed by atoms with E-state index in [0.29, 0.717) is 5.92 Å². The van der Waals surface area contributed by atoms with Crippen LogP contribution in [0.4, 0.5) is 0 Å². The van der Waals surface area contributed by atoms with E-state index in [2.05, 4.69) is 26.0 Å². The second-order valence-corrected chi connectivity index (χ2v) is 4.81. The van der Waals surface area contributed by atoms with Gasteiger partial charge in [-0.15, -0.1) is 0 Å². The summed E-state index contributed by atoms with van der Waals surface area (Å²) in [7, 11) is 0. The van der Waals surface area contributed by atoms with Gasteiger partial charge in [0.2, 0.25) is 0 Å². The number of hydrogen-bond acceptors (Lipinski definition) is 1. The van der Waals surface area contributed by atoms with Gasteiger partial charge in [0.05, 0.1) is 0 Å². The van der Waals surface area contributed by atoms with Gasteiger partial charge >= 0.3 is 0 Å². The van der Waals surface area contributed by atoms with Gasteiger partial charge in [-0.25, -0.2) is 0 Å². The first-order valence-corrected chi connectivity index (χ1v) is 4.75. The highest BCUT2D eigenvalue weighted by Gasteiger charge is 2.49. The first kappa shape index (κ1) is 8.03. The summed E-state index contributed by atoms with van der Waals surface area (Å²) in [6, 6.07) is 0. The van der Waals surface area contributed by atoms with Crippen molar-refractivity contribution in [3.05, 3.63) is 12.2 Å². The maximum Gasteiger partial charge on any atom is 0.126 e. The third-order valence-electron chi connectivity index (χ3n) is 4.02. The number of hydrogen-bond donors (Lipinski definition) is 0. The molecule has 3 aliphatic rings. The molecule has 0 amide bonds. The van der Waals surface area contributed by atoms with Gasteiger partial charge in [0.15, 0.2) is 0 Å². The summed E-state index contributed by atoms with van der Waals surface area (Å²) in [6.45, 7) is 4.32. The molecule has 0 N–H and O–H groups in total. The zero-order valence-electron chi connectivity index (χ0n) is 7.84. The lowest BCUT2D eigenvalue weighted by molar-refractivity contribution is -0.124. The van der Waals surface area contributed by atoms with Gasteiger partial charge in [0.25, 0.3) is 0 Å². The van der Waals surface area contributed by atoms with E-state index >= 15 is 0 Å². The summed E-state index contributed by atoms with van der Waals surface area (Å²) in [5.74, 6) is 0.669. The Labute approximate surface area is 73.8 Å². The number of carbonyl (C=O) groups is 1. The fourth-order valence-electron chi connectivity index (χ4n) is 2.62. The van der Waals surface area contributed by atoms with Crippen LogP contribution in [-0.4, -0.2) is 6.29 Å². The van der Waals surface area contributed by atoms with Crippen LogP contribution in [0.1, 0.15) is 33.1 Å². The minimum absolute atomic E-state index is 0.0926. The molecule has 1 heteroatoms. The number of allylic oxidation sites excluding steroid dienone is 2. The molecule has 12 heavy (non-hydrogen) atoms. The Kier molecular flexibility index (Phi) is 1.48. The molecule has 66 valence electrons.